The van der Waals surface area contributed by atoms with Gasteiger partial charge in [0.2, 0.25) is 5.91 Å². The number of carbonyl (C=O) groups is 3. The molecule has 6 heteroatoms. The van der Waals surface area contributed by atoms with Crippen molar-refractivity contribution in [2.75, 3.05) is 18.8 Å². The zero-order valence-corrected chi connectivity index (χ0v) is 11.3. The van der Waals surface area contributed by atoms with Crippen molar-refractivity contribution < 1.29 is 14.4 Å². The Morgan fingerprint density at radius 2 is 1.95 bits per heavy atom. The third-order valence-electron chi connectivity index (χ3n) is 3.15. The number of nitrogens with one attached hydrogen (secondary N) is 1. The predicted octanol–water partition coefficient (Wildman–Crippen LogP) is 0.781. The zero-order valence-electron chi connectivity index (χ0n) is 11.3. The number of nitrogens with two attached hydrogens (primary N) is 1. The van der Waals surface area contributed by atoms with E-state index in [-0.39, 0.29) is 18.0 Å². The number of hydrogen-bond donors (Lipinski definition) is 2. The maximum absolute atomic E-state index is 12.1. The van der Waals surface area contributed by atoms with Gasteiger partial charge in [-0.2, -0.15) is 0 Å². The van der Waals surface area contributed by atoms with Crippen LogP contribution in [0.25, 0.3) is 0 Å². The molecule has 0 aromatic heterocycles. The molecule has 0 radical (unpaired) electrons. The average molecular weight is 275 g/mol. The molecule has 0 aliphatic carbocycles. The van der Waals surface area contributed by atoms with Crippen LogP contribution in [0.15, 0.2) is 18.2 Å². The van der Waals surface area contributed by atoms with Crippen LogP contribution in [0.2, 0.25) is 0 Å². The Balaban J connectivity index is 2.07. The van der Waals surface area contributed by atoms with Crippen LogP contribution in [0, 0.1) is 0 Å². The Morgan fingerprint density at radius 1 is 1.25 bits per heavy atom. The number of nitrogens with zero attached hydrogens (tertiary/aromatic N) is 1. The summed E-state index contributed by atoms with van der Waals surface area (Å²) in [6.07, 6.45) is 1.83. The molecule has 1 aliphatic rings. The second-order valence-corrected chi connectivity index (χ2v) is 4.70. The quantitative estimate of drug-likeness (QED) is 0.472. The maximum atomic E-state index is 12.1. The fourth-order valence-electron chi connectivity index (χ4n) is 2.06. The molecule has 0 saturated heterocycles. The van der Waals surface area contributed by atoms with Crippen LogP contribution >= 0.6 is 0 Å². The first-order valence-corrected chi connectivity index (χ1v) is 6.57. The van der Waals surface area contributed by atoms with Crippen molar-refractivity contribution in [3.63, 3.8) is 0 Å². The highest BCUT2D eigenvalue weighted by Crippen LogP contribution is 2.24. The molecule has 1 aromatic rings. The first-order chi connectivity index (χ1) is 9.54. The molecule has 0 bridgehead atoms. The van der Waals surface area contributed by atoms with Crippen LogP contribution in [0.4, 0.5) is 5.69 Å². The smallest absolute Gasteiger partial charge is 0.262 e. The summed E-state index contributed by atoms with van der Waals surface area (Å²) in [6.45, 7) is 2.31. The lowest BCUT2D eigenvalue weighted by atomic mass is 10.1. The number of unbranched alkanes of at least 4 members (excludes halogenated alkanes) is 1. The summed E-state index contributed by atoms with van der Waals surface area (Å²) in [4.78, 5) is 36.8. The van der Waals surface area contributed by atoms with Crippen molar-refractivity contribution in [1.29, 1.82) is 0 Å². The highest BCUT2D eigenvalue weighted by atomic mass is 16.2. The summed E-state index contributed by atoms with van der Waals surface area (Å²) in [5.41, 5.74) is 6.58. The summed E-state index contributed by atoms with van der Waals surface area (Å²) in [6, 6.07) is 4.54. The van der Waals surface area contributed by atoms with Crippen LogP contribution in [0.3, 0.4) is 0 Å². The normalized spacial score (nSPS) is 13.6. The van der Waals surface area contributed by atoms with Crippen molar-refractivity contribution in [2.45, 2.75) is 19.8 Å². The van der Waals surface area contributed by atoms with Crippen LogP contribution in [-0.2, 0) is 4.79 Å². The highest BCUT2D eigenvalue weighted by molar-refractivity contribution is 6.22. The van der Waals surface area contributed by atoms with Crippen molar-refractivity contribution in [3.8, 4) is 0 Å². The number of nitrogen functional groups attached to an aromatic ring is 1. The number of benzene rings is 1. The summed E-state index contributed by atoms with van der Waals surface area (Å²) in [5, 5.41) is 2.68. The number of imide groups is 1. The lowest BCUT2D eigenvalue weighted by molar-refractivity contribution is -0.121. The molecule has 3 N–H and O–H groups in total. The van der Waals surface area contributed by atoms with E-state index in [4.69, 9.17) is 5.73 Å². The molecule has 1 aliphatic heterocycles. The molecule has 0 fully saturated rings. The fraction of sp³-hybridized carbons (Fsp3) is 0.357. The van der Waals surface area contributed by atoms with Gasteiger partial charge >= 0.3 is 0 Å². The largest absolute Gasteiger partial charge is 0.399 e. The van der Waals surface area contributed by atoms with Crippen LogP contribution in [0.1, 0.15) is 40.5 Å². The number of anilines is 1. The summed E-state index contributed by atoms with van der Waals surface area (Å²) in [5.74, 6) is -1.25. The Hall–Kier alpha value is -2.37. The highest BCUT2D eigenvalue weighted by Gasteiger charge is 2.36. The minimum Gasteiger partial charge on any atom is -0.399 e. The monoisotopic (exact) mass is 275 g/mol. The van der Waals surface area contributed by atoms with Gasteiger partial charge in [-0.15, -0.1) is 0 Å². The summed E-state index contributed by atoms with van der Waals surface area (Å²) in [7, 11) is 0. The second-order valence-electron chi connectivity index (χ2n) is 4.70. The van der Waals surface area contributed by atoms with E-state index in [0.717, 1.165) is 17.7 Å². The molecule has 0 unspecified atom stereocenters. The first kappa shape index (κ1) is 14.0. The van der Waals surface area contributed by atoms with Gasteiger partial charge in [0, 0.05) is 12.2 Å². The molecule has 0 atom stereocenters. The Labute approximate surface area is 116 Å². The number of hydrogen-bond acceptors (Lipinski definition) is 4. The van der Waals surface area contributed by atoms with Crippen LogP contribution in [0.5, 0.6) is 0 Å². The molecule has 106 valence electrons. The number of rotatable bonds is 5. The topological polar surface area (TPSA) is 92.5 Å². The Bertz CT molecular complexity index is 569. The number of carbonyl (C=O) groups excluding carboxylic acids is 3. The third kappa shape index (κ3) is 2.64. The average Bonchev–Trinajstić information content (AvgIpc) is 2.64. The molecule has 0 spiro atoms. The van der Waals surface area contributed by atoms with E-state index in [0.29, 0.717) is 17.8 Å². The van der Waals surface area contributed by atoms with Crippen molar-refractivity contribution in [3.05, 3.63) is 29.3 Å². The standard InChI is InChI=1S/C14H17N3O3/c1-2-3-6-16-12(18)8-17-13(19)10-5-4-9(15)7-11(10)14(17)20/h4-5,7H,2-3,6,8,15H2,1H3,(H,16,18). The molecule has 2 rings (SSSR count). The van der Waals surface area contributed by atoms with Gasteiger partial charge in [-0.25, -0.2) is 0 Å². The van der Waals surface area contributed by atoms with Gasteiger partial charge in [0.25, 0.3) is 11.8 Å². The first-order valence-electron chi connectivity index (χ1n) is 6.57. The van der Waals surface area contributed by atoms with Gasteiger partial charge in [-0.05, 0) is 24.6 Å². The molecule has 1 heterocycles. The van der Waals surface area contributed by atoms with E-state index < -0.39 is 11.8 Å². The molecule has 6 nitrogen and oxygen atoms in total. The molecular weight excluding hydrogens is 258 g/mol. The molecule has 1 aromatic carbocycles. The van der Waals surface area contributed by atoms with Gasteiger partial charge in [0.1, 0.15) is 6.54 Å². The number of amides is 3. The molecule has 20 heavy (non-hydrogen) atoms. The van der Waals surface area contributed by atoms with E-state index in [1.54, 1.807) is 6.07 Å². The lowest BCUT2D eigenvalue weighted by Crippen LogP contribution is -2.40. The SMILES string of the molecule is CCCCNC(=O)CN1C(=O)c2ccc(N)cc2C1=O. The third-order valence-corrected chi connectivity index (χ3v) is 3.15. The van der Waals surface area contributed by atoms with Crippen molar-refractivity contribution in [2.24, 2.45) is 0 Å². The van der Waals surface area contributed by atoms with E-state index in [1.807, 2.05) is 6.92 Å². The Kier molecular flexibility index (Phi) is 4.02. The van der Waals surface area contributed by atoms with E-state index in [1.165, 1.54) is 12.1 Å². The van der Waals surface area contributed by atoms with Gasteiger partial charge in [0.05, 0.1) is 11.1 Å². The van der Waals surface area contributed by atoms with Crippen molar-refractivity contribution >= 4 is 23.4 Å². The van der Waals surface area contributed by atoms with Gasteiger partial charge in [0.15, 0.2) is 0 Å². The molecule has 0 saturated carbocycles. The van der Waals surface area contributed by atoms with E-state index in [9.17, 15) is 14.4 Å². The summed E-state index contributed by atoms with van der Waals surface area (Å²) < 4.78 is 0. The van der Waals surface area contributed by atoms with Crippen LogP contribution < -0.4 is 11.1 Å². The minimum absolute atomic E-state index is 0.254. The zero-order chi connectivity index (χ0) is 14.7. The lowest BCUT2D eigenvalue weighted by Gasteiger charge is -2.13. The Morgan fingerprint density at radius 3 is 2.65 bits per heavy atom. The van der Waals surface area contributed by atoms with E-state index >= 15 is 0 Å². The maximum Gasteiger partial charge on any atom is 0.262 e. The van der Waals surface area contributed by atoms with E-state index in [2.05, 4.69) is 5.32 Å². The van der Waals surface area contributed by atoms with Gasteiger partial charge < -0.3 is 11.1 Å². The van der Waals surface area contributed by atoms with Crippen molar-refractivity contribution in [1.82, 2.24) is 10.2 Å². The summed E-state index contributed by atoms with van der Waals surface area (Å²) >= 11 is 0. The predicted molar refractivity (Wildman–Crippen MR) is 74.1 cm³/mol. The minimum atomic E-state index is -0.469. The van der Waals surface area contributed by atoms with Gasteiger partial charge in [-0.1, -0.05) is 13.3 Å². The molecule has 3 amide bonds. The fourth-order valence-corrected chi connectivity index (χ4v) is 2.06. The van der Waals surface area contributed by atoms with Crippen LogP contribution in [-0.4, -0.2) is 35.7 Å². The molecular formula is C14H17N3O3. The van der Waals surface area contributed by atoms with Gasteiger partial charge in [-0.3, -0.25) is 19.3 Å². The number of fused-ring (bicyclic) bond motifs is 1. The second kappa shape index (κ2) is 5.73.